The molecule has 1 aliphatic rings. The molecule has 2 aromatic rings. The van der Waals surface area contributed by atoms with E-state index < -0.39 is 0 Å². The van der Waals surface area contributed by atoms with Crippen LogP contribution >= 0.6 is 12.4 Å². The van der Waals surface area contributed by atoms with Crippen molar-refractivity contribution in [3.63, 3.8) is 0 Å². The van der Waals surface area contributed by atoms with Gasteiger partial charge in [0.05, 0.1) is 6.61 Å². The molecule has 136 valence electrons. The molecule has 1 fully saturated rings. The molecular weight excluding hydrogens is 353 g/mol. The average molecular weight is 382 g/mol. The maximum Gasteiger partial charge on any atom is 1.00 e. The van der Waals surface area contributed by atoms with Gasteiger partial charge in [0.2, 0.25) is 0 Å². The number of piperidine rings is 1. The first-order valence-electron chi connectivity index (χ1n) is 8.96. The van der Waals surface area contributed by atoms with Gasteiger partial charge in [-0.05, 0) is 43.0 Å². The Bertz CT molecular complexity index is 619. The smallest absolute Gasteiger partial charge is 1.00 e. The number of hydrogen-bond acceptors (Lipinski definition) is 2. The zero-order valence-electron chi connectivity index (χ0n) is 16.7. The molecule has 0 unspecified atom stereocenters. The Morgan fingerprint density at radius 3 is 2.23 bits per heavy atom. The Balaban J connectivity index is 0.00000225. The summed E-state index contributed by atoms with van der Waals surface area (Å²) in [4.78, 5) is 2.56. The molecule has 1 heterocycles. The van der Waals surface area contributed by atoms with Gasteiger partial charge in [-0.1, -0.05) is 72.8 Å². The first-order chi connectivity index (χ1) is 11.9. The van der Waals surface area contributed by atoms with E-state index in [4.69, 9.17) is 4.74 Å². The third kappa shape index (κ3) is 8.39. The molecule has 0 radical (unpaired) electrons. The standard InChI is InChI=1S/C22H27NO.ClH.Na.H/c1-3-8-20(9-4-1)12-7-17-24-19-22-13-15-23(16-14-22)18-21-10-5-2-6-11-21;;;/h1-12,22H,13-19H2;1H;;/q;;+1;-1/b12-7+;;;. The predicted molar refractivity (Wildman–Crippen MR) is 109 cm³/mol. The van der Waals surface area contributed by atoms with E-state index in [1.54, 1.807) is 0 Å². The van der Waals surface area contributed by atoms with Crippen molar-refractivity contribution in [1.29, 1.82) is 0 Å². The van der Waals surface area contributed by atoms with Gasteiger partial charge in [-0.3, -0.25) is 4.90 Å². The SMILES string of the molecule is C(=C\c1ccccc1)/COCC1CCN(Cc2ccccc2)CC1.Cl.[H-].[Na+]. The van der Waals surface area contributed by atoms with Crippen LogP contribution in [0.1, 0.15) is 25.4 Å². The second-order valence-electron chi connectivity index (χ2n) is 6.56. The molecule has 0 N–H and O–H groups in total. The summed E-state index contributed by atoms with van der Waals surface area (Å²) >= 11 is 0. The third-order valence-electron chi connectivity index (χ3n) is 4.63. The van der Waals surface area contributed by atoms with E-state index in [0.29, 0.717) is 12.5 Å². The molecule has 0 aliphatic carbocycles. The van der Waals surface area contributed by atoms with E-state index in [1.165, 1.54) is 37.1 Å². The van der Waals surface area contributed by atoms with Gasteiger partial charge < -0.3 is 6.16 Å². The van der Waals surface area contributed by atoms with E-state index in [9.17, 15) is 0 Å². The largest absolute Gasteiger partial charge is 1.00 e. The predicted octanol–water partition coefficient (Wildman–Crippen LogP) is 2.17. The second-order valence-corrected chi connectivity index (χ2v) is 6.56. The molecule has 26 heavy (non-hydrogen) atoms. The van der Waals surface area contributed by atoms with Crippen molar-refractivity contribution in [3.05, 3.63) is 77.9 Å². The minimum absolute atomic E-state index is 0. The minimum Gasteiger partial charge on any atom is -1.00 e. The van der Waals surface area contributed by atoms with Crippen molar-refractivity contribution in [3.8, 4) is 0 Å². The summed E-state index contributed by atoms with van der Waals surface area (Å²) in [7, 11) is 0. The van der Waals surface area contributed by atoms with Crippen LogP contribution in [-0.2, 0) is 11.3 Å². The van der Waals surface area contributed by atoms with Gasteiger partial charge in [0.1, 0.15) is 0 Å². The van der Waals surface area contributed by atoms with E-state index in [0.717, 1.165) is 13.2 Å². The van der Waals surface area contributed by atoms with Crippen LogP contribution < -0.4 is 29.6 Å². The van der Waals surface area contributed by atoms with Crippen molar-refractivity contribution < 1.29 is 35.7 Å². The van der Waals surface area contributed by atoms with Crippen LogP contribution in [0.25, 0.3) is 6.08 Å². The molecule has 0 bridgehead atoms. The molecule has 0 atom stereocenters. The fraction of sp³-hybridized carbons (Fsp3) is 0.364. The first kappa shape index (κ1) is 23.4. The molecular formula is C22H29ClNNaO. The van der Waals surface area contributed by atoms with Gasteiger partial charge in [0.15, 0.2) is 0 Å². The van der Waals surface area contributed by atoms with Crippen LogP contribution in [0.4, 0.5) is 0 Å². The maximum absolute atomic E-state index is 5.84. The Kier molecular flexibility index (Phi) is 12.2. The van der Waals surface area contributed by atoms with Crippen molar-refractivity contribution in [2.75, 3.05) is 26.3 Å². The topological polar surface area (TPSA) is 12.5 Å². The number of nitrogens with zero attached hydrogens (tertiary/aromatic N) is 1. The monoisotopic (exact) mass is 381 g/mol. The quantitative estimate of drug-likeness (QED) is 0.538. The zero-order valence-corrected chi connectivity index (χ0v) is 18.5. The van der Waals surface area contributed by atoms with Crippen molar-refractivity contribution >= 4 is 18.5 Å². The number of benzene rings is 2. The summed E-state index contributed by atoms with van der Waals surface area (Å²) in [6.45, 7) is 5.04. The molecule has 1 aliphatic heterocycles. The van der Waals surface area contributed by atoms with Crippen molar-refractivity contribution in [1.82, 2.24) is 4.90 Å². The van der Waals surface area contributed by atoms with Gasteiger partial charge in [0, 0.05) is 13.2 Å². The summed E-state index contributed by atoms with van der Waals surface area (Å²) in [6, 6.07) is 21.1. The molecule has 0 saturated carbocycles. The summed E-state index contributed by atoms with van der Waals surface area (Å²) in [5.41, 5.74) is 2.65. The van der Waals surface area contributed by atoms with Crippen LogP contribution in [-0.4, -0.2) is 31.2 Å². The Labute approximate surface area is 187 Å². The van der Waals surface area contributed by atoms with E-state index >= 15 is 0 Å². The molecule has 3 rings (SSSR count). The van der Waals surface area contributed by atoms with Crippen LogP contribution in [0.3, 0.4) is 0 Å². The average Bonchev–Trinajstić information content (AvgIpc) is 2.65. The fourth-order valence-corrected chi connectivity index (χ4v) is 3.20. The third-order valence-corrected chi connectivity index (χ3v) is 4.63. The van der Waals surface area contributed by atoms with Crippen molar-refractivity contribution in [2.45, 2.75) is 19.4 Å². The first-order valence-corrected chi connectivity index (χ1v) is 8.96. The normalized spacial score (nSPS) is 15.4. The molecule has 1 saturated heterocycles. The Hall–Kier alpha value is -0.610. The van der Waals surface area contributed by atoms with Gasteiger partial charge >= 0.3 is 29.6 Å². The number of rotatable bonds is 7. The Morgan fingerprint density at radius 2 is 1.58 bits per heavy atom. The molecule has 0 amide bonds. The second kappa shape index (κ2) is 13.5. The molecule has 0 aromatic heterocycles. The Morgan fingerprint density at radius 1 is 0.962 bits per heavy atom. The fourth-order valence-electron chi connectivity index (χ4n) is 3.20. The van der Waals surface area contributed by atoms with E-state index in [1.807, 2.05) is 6.07 Å². The molecule has 4 heteroatoms. The number of likely N-dealkylation sites (tertiary alicyclic amines) is 1. The van der Waals surface area contributed by atoms with Crippen LogP contribution in [0.5, 0.6) is 0 Å². The minimum atomic E-state index is 0. The summed E-state index contributed by atoms with van der Waals surface area (Å²) in [5, 5.41) is 0. The number of ether oxygens (including phenoxy) is 1. The number of hydrogen-bond donors (Lipinski definition) is 0. The van der Waals surface area contributed by atoms with Crippen LogP contribution in [0.15, 0.2) is 66.7 Å². The van der Waals surface area contributed by atoms with E-state index in [-0.39, 0.29) is 43.4 Å². The summed E-state index contributed by atoms with van der Waals surface area (Å²) in [5.74, 6) is 0.710. The molecule has 2 aromatic carbocycles. The summed E-state index contributed by atoms with van der Waals surface area (Å²) in [6.07, 6.45) is 6.73. The van der Waals surface area contributed by atoms with Gasteiger partial charge in [-0.25, -0.2) is 0 Å². The molecule has 2 nitrogen and oxygen atoms in total. The number of halogens is 1. The summed E-state index contributed by atoms with van der Waals surface area (Å²) < 4.78 is 5.84. The van der Waals surface area contributed by atoms with Crippen LogP contribution in [0, 0.1) is 5.92 Å². The molecule has 0 spiro atoms. The maximum atomic E-state index is 5.84. The van der Waals surface area contributed by atoms with Gasteiger partial charge in [0.25, 0.3) is 0 Å². The van der Waals surface area contributed by atoms with Crippen molar-refractivity contribution in [2.24, 2.45) is 5.92 Å². The van der Waals surface area contributed by atoms with Gasteiger partial charge in [-0.15, -0.1) is 12.4 Å². The van der Waals surface area contributed by atoms with E-state index in [2.05, 4.69) is 71.6 Å². The zero-order chi connectivity index (χ0) is 16.5. The van der Waals surface area contributed by atoms with Crippen LogP contribution in [0.2, 0.25) is 0 Å². The van der Waals surface area contributed by atoms with Gasteiger partial charge in [-0.2, -0.15) is 0 Å².